The Morgan fingerprint density at radius 3 is 2.35 bits per heavy atom. The van der Waals surface area contributed by atoms with Crippen LogP contribution >= 0.6 is 0 Å². The molecule has 0 unspecified atom stereocenters. The van der Waals surface area contributed by atoms with E-state index < -0.39 is 5.60 Å². The highest BCUT2D eigenvalue weighted by molar-refractivity contribution is 5.54. The Morgan fingerprint density at radius 2 is 1.74 bits per heavy atom. The number of fused-ring (bicyclic) bond motifs is 1. The van der Waals surface area contributed by atoms with Crippen molar-refractivity contribution in [2.75, 3.05) is 27.9 Å². The summed E-state index contributed by atoms with van der Waals surface area (Å²) in [5, 5.41) is 14.6. The standard InChI is InChI=1S/C18H27NO4/c1-21-14-10-12(11-15(22-2)17(14)23-3)16-13-6-4-5-7-18(13,20)8-9-19-16/h10-11,13,16,19-20H,4-9H2,1-3H3/t13-,16+,18+/m0/s1. The first-order valence-corrected chi connectivity index (χ1v) is 8.38. The number of hydrogen-bond donors (Lipinski definition) is 2. The van der Waals surface area contributed by atoms with Gasteiger partial charge in [-0.05, 0) is 43.5 Å². The van der Waals surface area contributed by atoms with Crippen LogP contribution in [0.5, 0.6) is 17.2 Å². The number of methoxy groups -OCH3 is 3. The number of ether oxygens (including phenoxy) is 3. The topological polar surface area (TPSA) is 60.0 Å². The van der Waals surface area contributed by atoms with Crippen LogP contribution in [0, 0.1) is 5.92 Å². The van der Waals surface area contributed by atoms with Gasteiger partial charge in [-0.1, -0.05) is 12.8 Å². The van der Waals surface area contributed by atoms with Crippen molar-refractivity contribution in [1.82, 2.24) is 5.32 Å². The predicted octanol–water partition coefficient (Wildman–Crippen LogP) is 2.67. The van der Waals surface area contributed by atoms with Crippen molar-refractivity contribution in [1.29, 1.82) is 0 Å². The summed E-state index contributed by atoms with van der Waals surface area (Å²) in [6, 6.07) is 4.11. The van der Waals surface area contributed by atoms with Gasteiger partial charge in [-0.15, -0.1) is 0 Å². The van der Waals surface area contributed by atoms with Crippen molar-refractivity contribution in [3.63, 3.8) is 0 Å². The SMILES string of the molecule is COc1cc([C@H]2NCC[C@]3(O)CCCC[C@@H]23)cc(OC)c1OC. The quantitative estimate of drug-likeness (QED) is 0.893. The molecule has 1 aromatic carbocycles. The minimum Gasteiger partial charge on any atom is -0.493 e. The normalized spacial score (nSPS) is 30.4. The third-order valence-electron chi connectivity index (χ3n) is 5.44. The first-order valence-electron chi connectivity index (χ1n) is 8.38. The van der Waals surface area contributed by atoms with E-state index in [9.17, 15) is 5.11 Å². The lowest BCUT2D eigenvalue weighted by molar-refractivity contribution is -0.0861. The second-order valence-corrected chi connectivity index (χ2v) is 6.60. The molecule has 1 aliphatic heterocycles. The van der Waals surface area contributed by atoms with Gasteiger partial charge in [0.25, 0.3) is 0 Å². The first kappa shape index (κ1) is 16.4. The highest BCUT2D eigenvalue weighted by atomic mass is 16.5. The number of rotatable bonds is 4. The van der Waals surface area contributed by atoms with Gasteiger partial charge in [-0.25, -0.2) is 0 Å². The molecule has 5 nitrogen and oxygen atoms in total. The molecule has 1 saturated carbocycles. The maximum Gasteiger partial charge on any atom is 0.203 e. The smallest absolute Gasteiger partial charge is 0.203 e. The molecule has 3 rings (SSSR count). The zero-order valence-electron chi connectivity index (χ0n) is 14.2. The van der Waals surface area contributed by atoms with Crippen molar-refractivity contribution in [3.05, 3.63) is 17.7 Å². The third-order valence-corrected chi connectivity index (χ3v) is 5.44. The van der Waals surface area contributed by atoms with Crippen LogP contribution in [-0.4, -0.2) is 38.6 Å². The average Bonchev–Trinajstić information content (AvgIpc) is 2.59. The zero-order chi connectivity index (χ0) is 16.4. The molecule has 0 spiro atoms. The van der Waals surface area contributed by atoms with Gasteiger partial charge in [-0.3, -0.25) is 0 Å². The Morgan fingerprint density at radius 1 is 1.04 bits per heavy atom. The van der Waals surface area contributed by atoms with Gasteiger partial charge in [0.2, 0.25) is 5.75 Å². The van der Waals surface area contributed by atoms with Gasteiger partial charge in [0, 0.05) is 12.0 Å². The minimum atomic E-state index is -0.547. The predicted molar refractivity (Wildman–Crippen MR) is 88.4 cm³/mol. The summed E-state index contributed by atoms with van der Waals surface area (Å²) < 4.78 is 16.4. The second kappa shape index (κ2) is 6.57. The minimum absolute atomic E-state index is 0.114. The molecular formula is C18H27NO4. The number of piperidine rings is 1. The fraction of sp³-hybridized carbons (Fsp3) is 0.667. The number of benzene rings is 1. The summed E-state index contributed by atoms with van der Waals surface area (Å²) >= 11 is 0. The summed E-state index contributed by atoms with van der Waals surface area (Å²) in [6.45, 7) is 0.828. The molecule has 0 bridgehead atoms. The maximum atomic E-state index is 11.0. The molecule has 2 aliphatic rings. The van der Waals surface area contributed by atoms with E-state index in [4.69, 9.17) is 14.2 Å². The van der Waals surface area contributed by atoms with E-state index in [1.54, 1.807) is 21.3 Å². The van der Waals surface area contributed by atoms with Crippen molar-refractivity contribution in [2.45, 2.75) is 43.7 Å². The van der Waals surface area contributed by atoms with E-state index in [-0.39, 0.29) is 12.0 Å². The molecule has 2 N–H and O–H groups in total. The van der Waals surface area contributed by atoms with E-state index in [0.717, 1.165) is 37.8 Å². The number of aliphatic hydroxyl groups is 1. The van der Waals surface area contributed by atoms with Crippen molar-refractivity contribution < 1.29 is 19.3 Å². The molecule has 1 heterocycles. The fourth-order valence-corrected chi connectivity index (χ4v) is 4.25. The molecule has 0 amide bonds. The van der Waals surface area contributed by atoms with Gasteiger partial charge in [-0.2, -0.15) is 0 Å². The molecular weight excluding hydrogens is 294 g/mol. The van der Waals surface area contributed by atoms with Gasteiger partial charge in [0.1, 0.15) is 0 Å². The monoisotopic (exact) mass is 321 g/mol. The van der Waals surface area contributed by atoms with Crippen LogP contribution in [0.3, 0.4) is 0 Å². The zero-order valence-corrected chi connectivity index (χ0v) is 14.2. The molecule has 1 saturated heterocycles. The van der Waals surface area contributed by atoms with E-state index in [2.05, 4.69) is 5.32 Å². The van der Waals surface area contributed by atoms with E-state index in [1.807, 2.05) is 12.1 Å². The van der Waals surface area contributed by atoms with Gasteiger partial charge < -0.3 is 24.6 Å². The molecule has 5 heteroatoms. The molecule has 2 fully saturated rings. The number of hydrogen-bond acceptors (Lipinski definition) is 5. The van der Waals surface area contributed by atoms with E-state index in [0.29, 0.717) is 17.2 Å². The molecule has 1 aliphatic carbocycles. The Hall–Kier alpha value is -1.46. The second-order valence-electron chi connectivity index (χ2n) is 6.60. The fourth-order valence-electron chi connectivity index (χ4n) is 4.25. The van der Waals surface area contributed by atoms with Crippen LogP contribution in [0.2, 0.25) is 0 Å². The third kappa shape index (κ3) is 2.88. The summed E-state index contributed by atoms with van der Waals surface area (Å²) in [5.74, 6) is 2.16. The highest BCUT2D eigenvalue weighted by Gasteiger charge is 2.46. The van der Waals surface area contributed by atoms with E-state index >= 15 is 0 Å². The summed E-state index contributed by atoms with van der Waals surface area (Å²) in [5.41, 5.74) is 0.540. The average molecular weight is 321 g/mol. The van der Waals surface area contributed by atoms with Gasteiger partial charge >= 0.3 is 0 Å². The maximum absolute atomic E-state index is 11.0. The number of nitrogens with one attached hydrogen (secondary N) is 1. The summed E-state index contributed by atoms with van der Waals surface area (Å²) in [7, 11) is 4.87. The van der Waals surface area contributed by atoms with Gasteiger partial charge in [0.15, 0.2) is 11.5 Å². The Kier molecular flexibility index (Phi) is 4.69. The van der Waals surface area contributed by atoms with E-state index in [1.165, 1.54) is 6.42 Å². The molecule has 1 aromatic rings. The molecule has 128 valence electrons. The van der Waals surface area contributed by atoms with Crippen molar-refractivity contribution in [3.8, 4) is 17.2 Å². The van der Waals surface area contributed by atoms with Crippen molar-refractivity contribution in [2.24, 2.45) is 5.92 Å². The van der Waals surface area contributed by atoms with Crippen LogP contribution in [0.1, 0.15) is 43.7 Å². The Labute approximate surface area is 137 Å². The summed E-state index contributed by atoms with van der Waals surface area (Å²) in [4.78, 5) is 0. The Bertz CT molecular complexity index is 533. The molecule has 0 radical (unpaired) electrons. The molecule has 3 atom stereocenters. The first-order chi connectivity index (χ1) is 11.1. The lowest BCUT2D eigenvalue weighted by Gasteiger charge is -2.48. The Balaban J connectivity index is 2.00. The van der Waals surface area contributed by atoms with Crippen molar-refractivity contribution >= 4 is 0 Å². The van der Waals surface area contributed by atoms with Crippen LogP contribution in [0.4, 0.5) is 0 Å². The van der Waals surface area contributed by atoms with Crippen LogP contribution < -0.4 is 19.5 Å². The van der Waals surface area contributed by atoms with Crippen LogP contribution in [0.25, 0.3) is 0 Å². The lowest BCUT2D eigenvalue weighted by atomic mass is 9.67. The van der Waals surface area contributed by atoms with Crippen LogP contribution in [-0.2, 0) is 0 Å². The van der Waals surface area contributed by atoms with Crippen LogP contribution in [0.15, 0.2) is 12.1 Å². The van der Waals surface area contributed by atoms with Gasteiger partial charge in [0.05, 0.1) is 26.9 Å². The largest absolute Gasteiger partial charge is 0.493 e. The summed E-state index contributed by atoms with van der Waals surface area (Å²) in [6.07, 6.45) is 5.08. The molecule has 0 aromatic heterocycles. The highest BCUT2D eigenvalue weighted by Crippen LogP contribution is 2.48. The lowest BCUT2D eigenvalue weighted by Crippen LogP contribution is -2.53. The molecule has 23 heavy (non-hydrogen) atoms.